The summed E-state index contributed by atoms with van der Waals surface area (Å²) in [6, 6.07) is 8.48. The SMILES string of the molecule is Oc1cccc(-c2ccc(F)c(C(F)(F)F)c2)c1. The van der Waals surface area contributed by atoms with Gasteiger partial charge in [0.1, 0.15) is 11.6 Å². The van der Waals surface area contributed by atoms with Gasteiger partial charge in [0.25, 0.3) is 0 Å². The number of phenolic OH excluding ortho intramolecular Hbond substituents is 1. The fourth-order valence-electron chi connectivity index (χ4n) is 1.61. The van der Waals surface area contributed by atoms with Crippen LogP contribution in [0.4, 0.5) is 17.6 Å². The number of alkyl halides is 3. The molecule has 18 heavy (non-hydrogen) atoms. The number of phenols is 1. The van der Waals surface area contributed by atoms with E-state index in [0.29, 0.717) is 5.56 Å². The van der Waals surface area contributed by atoms with Crippen LogP contribution in [0.5, 0.6) is 5.75 Å². The first-order valence-corrected chi connectivity index (χ1v) is 5.04. The van der Waals surface area contributed by atoms with Crippen LogP contribution in [0.1, 0.15) is 5.56 Å². The lowest BCUT2D eigenvalue weighted by Gasteiger charge is -2.10. The van der Waals surface area contributed by atoms with Gasteiger partial charge in [-0.25, -0.2) is 4.39 Å². The van der Waals surface area contributed by atoms with Gasteiger partial charge in [0.2, 0.25) is 0 Å². The topological polar surface area (TPSA) is 20.2 Å². The minimum Gasteiger partial charge on any atom is -0.508 e. The molecule has 0 fully saturated rings. The highest BCUT2D eigenvalue weighted by molar-refractivity contribution is 5.65. The highest BCUT2D eigenvalue weighted by Crippen LogP contribution is 2.34. The van der Waals surface area contributed by atoms with Crippen molar-refractivity contribution in [3.05, 3.63) is 53.8 Å². The number of benzene rings is 2. The van der Waals surface area contributed by atoms with E-state index >= 15 is 0 Å². The van der Waals surface area contributed by atoms with Crippen molar-refractivity contribution >= 4 is 0 Å². The fourth-order valence-corrected chi connectivity index (χ4v) is 1.61. The first kappa shape index (κ1) is 12.4. The first-order valence-electron chi connectivity index (χ1n) is 5.04. The van der Waals surface area contributed by atoms with E-state index in [1.54, 1.807) is 0 Å². The van der Waals surface area contributed by atoms with Crippen LogP contribution in [0.15, 0.2) is 42.5 Å². The Labute approximate surface area is 100 Å². The molecule has 94 valence electrons. The minimum absolute atomic E-state index is 0.0645. The summed E-state index contributed by atoms with van der Waals surface area (Å²) in [5.74, 6) is -1.38. The van der Waals surface area contributed by atoms with Crippen molar-refractivity contribution in [2.24, 2.45) is 0 Å². The summed E-state index contributed by atoms with van der Waals surface area (Å²) in [6.07, 6.45) is -4.74. The summed E-state index contributed by atoms with van der Waals surface area (Å²) in [7, 11) is 0. The van der Waals surface area contributed by atoms with E-state index in [1.807, 2.05) is 0 Å². The van der Waals surface area contributed by atoms with Gasteiger partial charge in [0, 0.05) is 0 Å². The lowest BCUT2D eigenvalue weighted by molar-refractivity contribution is -0.139. The summed E-state index contributed by atoms with van der Waals surface area (Å²) in [6.45, 7) is 0. The molecule has 0 unspecified atom stereocenters. The van der Waals surface area contributed by atoms with Gasteiger partial charge in [0.05, 0.1) is 5.56 Å². The molecule has 0 aromatic heterocycles. The Kier molecular flexibility index (Phi) is 2.98. The molecule has 0 spiro atoms. The Balaban J connectivity index is 2.54. The summed E-state index contributed by atoms with van der Waals surface area (Å²) >= 11 is 0. The molecule has 0 amide bonds. The third-order valence-electron chi connectivity index (χ3n) is 2.45. The maximum atomic E-state index is 13.1. The average Bonchev–Trinajstić information content (AvgIpc) is 2.28. The van der Waals surface area contributed by atoms with Crippen LogP contribution in [0.3, 0.4) is 0 Å². The molecule has 5 heteroatoms. The Morgan fingerprint density at radius 1 is 0.889 bits per heavy atom. The van der Waals surface area contributed by atoms with Gasteiger partial charge in [-0.15, -0.1) is 0 Å². The first-order chi connectivity index (χ1) is 8.38. The van der Waals surface area contributed by atoms with Gasteiger partial charge >= 0.3 is 6.18 Å². The highest BCUT2D eigenvalue weighted by atomic mass is 19.4. The van der Waals surface area contributed by atoms with Crippen LogP contribution in [0, 0.1) is 5.82 Å². The van der Waals surface area contributed by atoms with Gasteiger partial charge in [-0.3, -0.25) is 0 Å². The predicted octanol–water partition coefficient (Wildman–Crippen LogP) is 4.22. The largest absolute Gasteiger partial charge is 0.508 e. The van der Waals surface area contributed by atoms with Crippen molar-refractivity contribution in [3.8, 4) is 16.9 Å². The predicted molar refractivity (Wildman–Crippen MR) is 58.5 cm³/mol. The van der Waals surface area contributed by atoms with Crippen LogP contribution >= 0.6 is 0 Å². The normalized spacial score (nSPS) is 11.6. The van der Waals surface area contributed by atoms with Crippen LogP contribution in [0.25, 0.3) is 11.1 Å². The molecule has 0 radical (unpaired) electrons. The highest BCUT2D eigenvalue weighted by Gasteiger charge is 2.34. The van der Waals surface area contributed by atoms with E-state index in [2.05, 4.69) is 0 Å². The lowest BCUT2D eigenvalue weighted by Crippen LogP contribution is -2.08. The van der Waals surface area contributed by atoms with Crippen molar-refractivity contribution in [2.45, 2.75) is 6.18 Å². The zero-order valence-electron chi connectivity index (χ0n) is 9.00. The second kappa shape index (κ2) is 4.33. The van der Waals surface area contributed by atoms with Crippen molar-refractivity contribution in [1.29, 1.82) is 0 Å². The third-order valence-corrected chi connectivity index (χ3v) is 2.45. The number of halogens is 4. The fraction of sp³-hybridized carbons (Fsp3) is 0.0769. The Hall–Kier alpha value is -2.04. The molecule has 0 aliphatic rings. The van der Waals surface area contributed by atoms with E-state index in [0.717, 1.165) is 12.1 Å². The standard InChI is InChI=1S/C13H8F4O/c14-12-5-4-9(7-11(12)13(15,16)17)8-2-1-3-10(18)6-8/h1-7,18H. The smallest absolute Gasteiger partial charge is 0.419 e. The molecule has 0 aliphatic carbocycles. The van der Waals surface area contributed by atoms with E-state index in [-0.39, 0.29) is 11.3 Å². The summed E-state index contributed by atoms with van der Waals surface area (Å²) in [5, 5.41) is 9.26. The van der Waals surface area contributed by atoms with Crippen LogP contribution < -0.4 is 0 Å². The van der Waals surface area contributed by atoms with Gasteiger partial charge in [-0.05, 0) is 35.4 Å². The molecular formula is C13H8F4O. The second-order valence-electron chi connectivity index (χ2n) is 3.74. The zero-order chi connectivity index (χ0) is 13.3. The molecule has 2 aromatic rings. The molecule has 0 saturated heterocycles. The molecule has 2 aromatic carbocycles. The molecule has 0 aliphatic heterocycles. The quantitative estimate of drug-likeness (QED) is 0.757. The minimum atomic E-state index is -4.74. The monoisotopic (exact) mass is 256 g/mol. The maximum Gasteiger partial charge on any atom is 0.419 e. The summed E-state index contributed by atoms with van der Waals surface area (Å²) in [5.41, 5.74) is -0.733. The molecular weight excluding hydrogens is 248 g/mol. The molecule has 0 bridgehead atoms. The van der Waals surface area contributed by atoms with E-state index in [9.17, 15) is 22.7 Å². The van der Waals surface area contributed by atoms with Gasteiger partial charge in [0.15, 0.2) is 0 Å². The summed E-state index contributed by atoms with van der Waals surface area (Å²) < 4.78 is 50.7. The molecule has 2 rings (SSSR count). The third kappa shape index (κ3) is 2.45. The van der Waals surface area contributed by atoms with Crippen molar-refractivity contribution in [1.82, 2.24) is 0 Å². The number of rotatable bonds is 1. The van der Waals surface area contributed by atoms with Gasteiger partial charge in [-0.2, -0.15) is 13.2 Å². The van der Waals surface area contributed by atoms with Gasteiger partial charge in [-0.1, -0.05) is 18.2 Å². The summed E-state index contributed by atoms with van der Waals surface area (Å²) in [4.78, 5) is 0. The Morgan fingerprint density at radius 3 is 2.17 bits per heavy atom. The number of hydrogen-bond donors (Lipinski definition) is 1. The Morgan fingerprint density at radius 2 is 1.56 bits per heavy atom. The number of hydrogen-bond acceptors (Lipinski definition) is 1. The van der Waals surface area contributed by atoms with Crippen molar-refractivity contribution < 1.29 is 22.7 Å². The second-order valence-corrected chi connectivity index (χ2v) is 3.74. The van der Waals surface area contributed by atoms with E-state index in [4.69, 9.17) is 0 Å². The van der Waals surface area contributed by atoms with Crippen LogP contribution in [0.2, 0.25) is 0 Å². The lowest BCUT2D eigenvalue weighted by atomic mass is 10.0. The molecule has 0 heterocycles. The van der Waals surface area contributed by atoms with E-state index in [1.165, 1.54) is 30.3 Å². The molecule has 1 nitrogen and oxygen atoms in total. The van der Waals surface area contributed by atoms with Gasteiger partial charge < -0.3 is 5.11 Å². The van der Waals surface area contributed by atoms with Crippen molar-refractivity contribution in [3.63, 3.8) is 0 Å². The molecule has 1 N–H and O–H groups in total. The van der Waals surface area contributed by atoms with Crippen LogP contribution in [-0.2, 0) is 6.18 Å². The Bertz CT molecular complexity index is 575. The zero-order valence-corrected chi connectivity index (χ0v) is 9.00. The van der Waals surface area contributed by atoms with E-state index < -0.39 is 17.6 Å². The van der Waals surface area contributed by atoms with Crippen molar-refractivity contribution in [2.75, 3.05) is 0 Å². The average molecular weight is 256 g/mol. The molecule has 0 saturated carbocycles. The number of aromatic hydroxyl groups is 1. The van der Waals surface area contributed by atoms with Crippen LogP contribution in [-0.4, -0.2) is 5.11 Å². The maximum absolute atomic E-state index is 13.1. The molecule has 0 atom stereocenters.